The van der Waals surface area contributed by atoms with E-state index in [0.717, 1.165) is 17.7 Å². The molecule has 0 amide bonds. The van der Waals surface area contributed by atoms with Gasteiger partial charge in [-0.2, -0.15) is 0 Å². The first-order valence-electron chi connectivity index (χ1n) is 7.53. The minimum atomic E-state index is -0.885. The highest BCUT2D eigenvalue weighted by Crippen LogP contribution is 2.42. The molecule has 0 aliphatic heterocycles. The zero-order chi connectivity index (χ0) is 11.2. The highest BCUT2D eigenvalue weighted by molar-refractivity contribution is 6.55. The van der Waals surface area contributed by atoms with E-state index in [-0.39, 0.29) is 0 Å². The van der Waals surface area contributed by atoms with E-state index in [1.807, 2.05) is 0 Å². The normalized spacial score (nSPS) is 26.1. The summed E-state index contributed by atoms with van der Waals surface area (Å²) in [6.45, 7) is 3.30. The first-order valence-corrected chi connectivity index (χ1v) is 9.34. The van der Waals surface area contributed by atoms with Gasteiger partial charge in [-0.3, -0.25) is 0 Å². The van der Waals surface area contributed by atoms with Gasteiger partial charge in [0, 0.05) is 6.61 Å². The maximum atomic E-state index is 6.35. The van der Waals surface area contributed by atoms with E-state index >= 15 is 0 Å². The highest BCUT2D eigenvalue weighted by Gasteiger charge is 2.34. The molecule has 1 nitrogen and oxygen atoms in total. The van der Waals surface area contributed by atoms with E-state index in [0.29, 0.717) is 0 Å². The Labute approximate surface area is 103 Å². The fourth-order valence-electron chi connectivity index (χ4n) is 3.66. The van der Waals surface area contributed by atoms with Crippen LogP contribution in [0.25, 0.3) is 0 Å². The summed E-state index contributed by atoms with van der Waals surface area (Å²) in [7, 11) is -0.885. The van der Waals surface area contributed by atoms with Gasteiger partial charge in [0.1, 0.15) is 0 Å². The molecule has 0 heterocycles. The van der Waals surface area contributed by atoms with E-state index < -0.39 is 9.04 Å². The molecule has 0 N–H and O–H groups in total. The summed E-state index contributed by atoms with van der Waals surface area (Å²) < 4.78 is 6.35. The molecule has 2 rings (SSSR count). The molecule has 0 aromatic heterocycles. The largest absolute Gasteiger partial charge is 0.419 e. The zero-order valence-electron chi connectivity index (χ0n) is 10.9. The van der Waals surface area contributed by atoms with Crippen molar-refractivity contribution in [2.75, 3.05) is 6.61 Å². The Kier molecular flexibility index (Phi) is 5.37. The number of hydrogen-bond donors (Lipinski definition) is 0. The minimum absolute atomic E-state index is 0.885. The van der Waals surface area contributed by atoms with Crippen LogP contribution in [-0.4, -0.2) is 15.6 Å². The molecule has 0 radical (unpaired) electrons. The molecule has 0 saturated heterocycles. The highest BCUT2D eigenvalue weighted by atomic mass is 28.3. The number of hydrogen-bond acceptors (Lipinski definition) is 1. The second-order valence-electron chi connectivity index (χ2n) is 5.78. The molecule has 1 atom stereocenters. The van der Waals surface area contributed by atoms with Crippen LogP contribution < -0.4 is 0 Å². The van der Waals surface area contributed by atoms with E-state index in [1.54, 1.807) is 0 Å². The molecule has 2 aliphatic rings. The molecule has 0 bridgehead atoms. The van der Waals surface area contributed by atoms with Gasteiger partial charge in [0.15, 0.2) is 9.04 Å². The Bertz CT molecular complexity index is 183. The van der Waals surface area contributed by atoms with Gasteiger partial charge in [-0.15, -0.1) is 0 Å². The van der Waals surface area contributed by atoms with Gasteiger partial charge in [0.05, 0.1) is 0 Å². The van der Waals surface area contributed by atoms with Crippen molar-refractivity contribution in [1.29, 1.82) is 0 Å². The third-order valence-corrected chi connectivity index (χ3v) is 8.31. The Hall–Kier alpha value is 0.177. The SMILES string of the molecule is CCCO[SiH](C1CCCCC1)C1CCCC1. The van der Waals surface area contributed by atoms with Gasteiger partial charge < -0.3 is 4.43 Å². The van der Waals surface area contributed by atoms with Crippen LogP contribution in [0.4, 0.5) is 0 Å². The lowest BCUT2D eigenvalue weighted by Crippen LogP contribution is -2.31. The molecule has 16 heavy (non-hydrogen) atoms. The van der Waals surface area contributed by atoms with Crippen LogP contribution >= 0.6 is 0 Å². The average Bonchev–Trinajstić information content (AvgIpc) is 2.85. The molecule has 2 saturated carbocycles. The van der Waals surface area contributed by atoms with Gasteiger partial charge in [0.25, 0.3) is 0 Å². The topological polar surface area (TPSA) is 9.23 Å². The van der Waals surface area contributed by atoms with Crippen molar-refractivity contribution >= 4 is 9.04 Å². The van der Waals surface area contributed by atoms with Gasteiger partial charge in [0.2, 0.25) is 0 Å². The van der Waals surface area contributed by atoms with Gasteiger partial charge >= 0.3 is 0 Å². The predicted octanol–water partition coefficient (Wildman–Crippen LogP) is 4.42. The van der Waals surface area contributed by atoms with Crippen molar-refractivity contribution < 1.29 is 4.43 Å². The second kappa shape index (κ2) is 6.80. The van der Waals surface area contributed by atoms with Crippen LogP contribution in [0.1, 0.15) is 71.1 Å². The van der Waals surface area contributed by atoms with Gasteiger partial charge in [-0.05, 0) is 17.5 Å². The van der Waals surface area contributed by atoms with Crippen LogP contribution in [0.5, 0.6) is 0 Å². The van der Waals surface area contributed by atoms with Crippen molar-refractivity contribution in [2.45, 2.75) is 82.2 Å². The maximum absolute atomic E-state index is 6.35. The van der Waals surface area contributed by atoms with Crippen molar-refractivity contribution in [3.05, 3.63) is 0 Å². The Morgan fingerprint density at radius 1 is 0.875 bits per heavy atom. The quantitative estimate of drug-likeness (QED) is 0.647. The second-order valence-corrected chi connectivity index (χ2v) is 8.93. The van der Waals surface area contributed by atoms with Crippen LogP contribution in [0.3, 0.4) is 0 Å². The van der Waals surface area contributed by atoms with Crippen molar-refractivity contribution in [3.8, 4) is 0 Å². The smallest absolute Gasteiger partial charge is 0.183 e. The molecule has 2 heteroatoms. The monoisotopic (exact) mass is 240 g/mol. The summed E-state index contributed by atoms with van der Waals surface area (Å²) in [6, 6.07) is 0. The molecular formula is C14H28OSi. The summed E-state index contributed by atoms with van der Waals surface area (Å²) in [4.78, 5) is 0. The van der Waals surface area contributed by atoms with Crippen LogP contribution in [0.2, 0.25) is 11.1 Å². The first-order chi connectivity index (χ1) is 7.92. The summed E-state index contributed by atoms with van der Waals surface area (Å²) in [6.07, 6.45) is 14.6. The molecule has 1 unspecified atom stereocenters. The zero-order valence-corrected chi connectivity index (χ0v) is 12.1. The molecular weight excluding hydrogens is 212 g/mol. The third kappa shape index (κ3) is 3.33. The third-order valence-electron chi connectivity index (χ3n) is 4.49. The van der Waals surface area contributed by atoms with E-state index in [4.69, 9.17) is 4.43 Å². The Balaban J connectivity index is 1.89. The van der Waals surface area contributed by atoms with Crippen molar-refractivity contribution in [2.24, 2.45) is 0 Å². The molecule has 0 aromatic carbocycles. The summed E-state index contributed by atoms with van der Waals surface area (Å²) >= 11 is 0. The van der Waals surface area contributed by atoms with Gasteiger partial charge in [-0.1, -0.05) is 64.7 Å². The van der Waals surface area contributed by atoms with Crippen LogP contribution in [0, 0.1) is 0 Å². The molecule has 0 aromatic rings. The van der Waals surface area contributed by atoms with Crippen LogP contribution in [0.15, 0.2) is 0 Å². The van der Waals surface area contributed by atoms with Gasteiger partial charge in [-0.25, -0.2) is 0 Å². The summed E-state index contributed by atoms with van der Waals surface area (Å²) in [5.74, 6) is 0. The summed E-state index contributed by atoms with van der Waals surface area (Å²) in [5.41, 5.74) is 2.07. The molecule has 2 aliphatic carbocycles. The standard InChI is InChI=1S/C14H28OSi/c1-2-12-15-16(14-10-6-7-11-14)13-8-4-3-5-9-13/h13-14,16H,2-12H2,1H3. The fraction of sp³-hybridized carbons (Fsp3) is 1.00. The summed E-state index contributed by atoms with van der Waals surface area (Å²) in [5, 5.41) is 0. The Morgan fingerprint density at radius 2 is 1.38 bits per heavy atom. The lowest BCUT2D eigenvalue weighted by Gasteiger charge is -2.32. The maximum Gasteiger partial charge on any atom is 0.183 e. The molecule has 94 valence electrons. The van der Waals surface area contributed by atoms with E-state index in [2.05, 4.69) is 6.92 Å². The molecule has 2 fully saturated rings. The van der Waals surface area contributed by atoms with Crippen LogP contribution in [-0.2, 0) is 4.43 Å². The fourth-order valence-corrected chi connectivity index (χ4v) is 7.74. The van der Waals surface area contributed by atoms with E-state index in [9.17, 15) is 0 Å². The first kappa shape index (κ1) is 12.6. The lowest BCUT2D eigenvalue weighted by atomic mass is 10.0. The average molecular weight is 240 g/mol. The Morgan fingerprint density at radius 3 is 1.88 bits per heavy atom. The minimum Gasteiger partial charge on any atom is -0.419 e. The number of rotatable bonds is 5. The molecule has 0 spiro atoms. The van der Waals surface area contributed by atoms with E-state index in [1.165, 1.54) is 64.2 Å². The predicted molar refractivity (Wildman–Crippen MR) is 72.4 cm³/mol. The van der Waals surface area contributed by atoms with Crippen molar-refractivity contribution in [1.82, 2.24) is 0 Å². The lowest BCUT2D eigenvalue weighted by molar-refractivity contribution is 0.291. The van der Waals surface area contributed by atoms with Crippen molar-refractivity contribution in [3.63, 3.8) is 0 Å².